The molecule has 0 aromatic heterocycles. The van der Waals surface area contributed by atoms with Crippen LogP contribution in [0, 0.1) is 5.92 Å². The normalized spacial score (nSPS) is 13.3. The van der Waals surface area contributed by atoms with Gasteiger partial charge in [0.1, 0.15) is 5.75 Å². The van der Waals surface area contributed by atoms with Crippen LogP contribution in [0.2, 0.25) is 0 Å². The molecule has 0 saturated carbocycles. The molecule has 0 radical (unpaired) electrons. The van der Waals surface area contributed by atoms with Crippen molar-refractivity contribution in [1.29, 1.82) is 0 Å². The van der Waals surface area contributed by atoms with E-state index in [4.69, 9.17) is 16.3 Å². The Bertz CT molecular complexity index is 327. The van der Waals surface area contributed by atoms with E-state index in [-0.39, 0.29) is 11.9 Å². The summed E-state index contributed by atoms with van der Waals surface area (Å²) in [6, 6.07) is 8.99. The minimum Gasteiger partial charge on any atom is -0.426 e. The topological polar surface area (TPSA) is 26.3 Å². The van der Waals surface area contributed by atoms with E-state index >= 15 is 0 Å². The number of rotatable bonds is 3. The second kappa shape index (κ2) is 4.67. The SMILES string of the molecule is CC(C(=O)Oc1ccccc1)C(C)(C)Cl. The monoisotopic (exact) mass is 226 g/mol. The number of hydrogen-bond donors (Lipinski definition) is 0. The van der Waals surface area contributed by atoms with E-state index < -0.39 is 4.87 Å². The molecular formula is C12H15ClO2. The van der Waals surface area contributed by atoms with E-state index in [2.05, 4.69) is 0 Å². The van der Waals surface area contributed by atoms with Gasteiger partial charge >= 0.3 is 5.97 Å². The van der Waals surface area contributed by atoms with Crippen molar-refractivity contribution < 1.29 is 9.53 Å². The van der Waals surface area contributed by atoms with Gasteiger partial charge in [0.15, 0.2) is 0 Å². The summed E-state index contributed by atoms with van der Waals surface area (Å²) in [6.07, 6.45) is 0. The van der Waals surface area contributed by atoms with Crippen molar-refractivity contribution in [3.05, 3.63) is 30.3 Å². The molecule has 0 fully saturated rings. The quantitative estimate of drug-likeness (QED) is 0.449. The minimum absolute atomic E-state index is 0.304. The van der Waals surface area contributed by atoms with Crippen LogP contribution in [0.15, 0.2) is 30.3 Å². The van der Waals surface area contributed by atoms with Gasteiger partial charge in [0.2, 0.25) is 0 Å². The van der Waals surface area contributed by atoms with Gasteiger partial charge < -0.3 is 4.74 Å². The molecule has 0 N–H and O–H groups in total. The third kappa shape index (κ3) is 3.56. The zero-order valence-electron chi connectivity index (χ0n) is 9.16. The largest absolute Gasteiger partial charge is 0.426 e. The van der Waals surface area contributed by atoms with E-state index in [1.54, 1.807) is 32.9 Å². The summed E-state index contributed by atoms with van der Waals surface area (Å²) in [5, 5.41) is 0. The van der Waals surface area contributed by atoms with Gasteiger partial charge in [-0.2, -0.15) is 0 Å². The molecule has 0 saturated heterocycles. The highest BCUT2D eigenvalue weighted by Crippen LogP contribution is 2.25. The first-order chi connectivity index (χ1) is 6.91. The Hall–Kier alpha value is -1.02. The lowest BCUT2D eigenvalue weighted by Gasteiger charge is -2.22. The van der Waals surface area contributed by atoms with Crippen molar-refractivity contribution in [2.24, 2.45) is 5.92 Å². The maximum absolute atomic E-state index is 11.7. The lowest BCUT2D eigenvalue weighted by Crippen LogP contribution is -2.32. The van der Waals surface area contributed by atoms with Crippen LogP contribution < -0.4 is 4.74 Å². The van der Waals surface area contributed by atoms with Crippen LogP contribution in [-0.2, 0) is 4.79 Å². The van der Waals surface area contributed by atoms with Gasteiger partial charge in [0.05, 0.1) is 10.8 Å². The number of ether oxygens (including phenoxy) is 1. The average molecular weight is 227 g/mol. The Labute approximate surface area is 95.2 Å². The fourth-order valence-corrected chi connectivity index (χ4v) is 1.06. The highest BCUT2D eigenvalue weighted by molar-refractivity contribution is 6.24. The maximum atomic E-state index is 11.7. The molecular weight excluding hydrogens is 212 g/mol. The first-order valence-corrected chi connectivity index (χ1v) is 5.24. The predicted octanol–water partition coefficient (Wildman–Crippen LogP) is 3.25. The van der Waals surface area contributed by atoms with E-state index in [1.165, 1.54) is 0 Å². The number of halogens is 1. The molecule has 0 spiro atoms. The summed E-state index contributed by atoms with van der Waals surface area (Å²) in [4.78, 5) is 11.1. The van der Waals surface area contributed by atoms with Gasteiger partial charge in [-0.05, 0) is 26.0 Å². The Morgan fingerprint density at radius 3 is 2.33 bits per heavy atom. The molecule has 1 rings (SSSR count). The fourth-order valence-electron chi connectivity index (χ4n) is 0.973. The van der Waals surface area contributed by atoms with Crippen molar-refractivity contribution in [2.45, 2.75) is 25.6 Å². The number of carbonyl (C=O) groups excluding carboxylic acids is 1. The first-order valence-electron chi connectivity index (χ1n) is 4.87. The van der Waals surface area contributed by atoms with Crippen LogP contribution in [0.4, 0.5) is 0 Å². The van der Waals surface area contributed by atoms with Gasteiger partial charge in [0.25, 0.3) is 0 Å². The Kier molecular flexibility index (Phi) is 3.75. The smallest absolute Gasteiger partial charge is 0.315 e. The summed E-state index contributed by atoms with van der Waals surface area (Å²) in [5.41, 5.74) is 0. The molecule has 0 aliphatic rings. The van der Waals surface area contributed by atoms with Crippen molar-refractivity contribution >= 4 is 17.6 Å². The Morgan fingerprint density at radius 1 is 1.33 bits per heavy atom. The molecule has 3 heteroatoms. The molecule has 1 aromatic rings. The van der Waals surface area contributed by atoms with E-state index in [0.717, 1.165) is 0 Å². The molecule has 15 heavy (non-hydrogen) atoms. The van der Waals surface area contributed by atoms with Crippen molar-refractivity contribution in [3.8, 4) is 5.75 Å². The molecule has 0 aliphatic carbocycles. The Morgan fingerprint density at radius 2 is 1.87 bits per heavy atom. The van der Waals surface area contributed by atoms with Crippen LogP contribution in [0.25, 0.3) is 0 Å². The summed E-state index contributed by atoms with van der Waals surface area (Å²) < 4.78 is 5.18. The van der Waals surface area contributed by atoms with Gasteiger partial charge in [0, 0.05) is 0 Å². The van der Waals surface area contributed by atoms with E-state index in [0.29, 0.717) is 5.75 Å². The summed E-state index contributed by atoms with van der Waals surface area (Å²) in [6.45, 7) is 5.36. The second-order valence-corrected chi connectivity index (χ2v) is 4.99. The highest BCUT2D eigenvalue weighted by Gasteiger charge is 2.30. The fraction of sp³-hybridized carbons (Fsp3) is 0.417. The van der Waals surface area contributed by atoms with Crippen LogP contribution in [0.3, 0.4) is 0 Å². The zero-order chi connectivity index (χ0) is 11.5. The lowest BCUT2D eigenvalue weighted by atomic mass is 9.97. The number of benzene rings is 1. The van der Waals surface area contributed by atoms with Crippen LogP contribution in [-0.4, -0.2) is 10.8 Å². The zero-order valence-corrected chi connectivity index (χ0v) is 9.91. The van der Waals surface area contributed by atoms with Crippen molar-refractivity contribution in [3.63, 3.8) is 0 Å². The number of carbonyl (C=O) groups is 1. The number of para-hydroxylation sites is 1. The number of hydrogen-bond acceptors (Lipinski definition) is 2. The molecule has 82 valence electrons. The molecule has 0 heterocycles. The third-order valence-electron chi connectivity index (χ3n) is 2.34. The van der Waals surface area contributed by atoms with Crippen LogP contribution in [0.1, 0.15) is 20.8 Å². The second-order valence-electron chi connectivity index (χ2n) is 4.02. The lowest BCUT2D eigenvalue weighted by molar-refractivity contribution is -0.139. The van der Waals surface area contributed by atoms with Crippen molar-refractivity contribution in [1.82, 2.24) is 0 Å². The number of esters is 1. The number of alkyl halides is 1. The van der Waals surface area contributed by atoms with Gasteiger partial charge in [-0.25, -0.2) is 0 Å². The van der Waals surface area contributed by atoms with Gasteiger partial charge in [-0.1, -0.05) is 25.1 Å². The maximum Gasteiger partial charge on any atom is 0.315 e. The summed E-state index contributed by atoms with van der Waals surface area (Å²) in [5.74, 6) is -0.101. The average Bonchev–Trinajstić information content (AvgIpc) is 2.16. The molecule has 0 aliphatic heterocycles. The van der Waals surface area contributed by atoms with Gasteiger partial charge in [-0.15, -0.1) is 11.6 Å². The van der Waals surface area contributed by atoms with Crippen LogP contribution >= 0.6 is 11.6 Å². The standard InChI is InChI=1S/C12H15ClO2/c1-9(12(2,3)13)11(14)15-10-7-5-4-6-8-10/h4-9H,1-3H3. The molecule has 1 unspecified atom stereocenters. The summed E-state index contributed by atoms with van der Waals surface area (Å²) in [7, 11) is 0. The molecule has 0 amide bonds. The molecule has 2 nitrogen and oxygen atoms in total. The highest BCUT2D eigenvalue weighted by atomic mass is 35.5. The minimum atomic E-state index is -0.591. The third-order valence-corrected chi connectivity index (χ3v) is 2.67. The molecule has 1 aromatic carbocycles. The summed E-state index contributed by atoms with van der Waals surface area (Å²) >= 11 is 6.04. The molecule has 1 atom stereocenters. The van der Waals surface area contributed by atoms with Crippen molar-refractivity contribution in [2.75, 3.05) is 0 Å². The van der Waals surface area contributed by atoms with Crippen LogP contribution in [0.5, 0.6) is 5.75 Å². The van der Waals surface area contributed by atoms with E-state index in [9.17, 15) is 4.79 Å². The van der Waals surface area contributed by atoms with E-state index in [1.807, 2.05) is 18.2 Å². The first kappa shape index (κ1) is 12.1. The molecule has 0 bridgehead atoms. The van der Waals surface area contributed by atoms with Gasteiger partial charge in [-0.3, -0.25) is 4.79 Å². The Balaban J connectivity index is 2.65. The predicted molar refractivity (Wildman–Crippen MR) is 61.2 cm³/mol.